The number of pyridine rings is 1. The van der Waals surface area contributed by atoms with Crippen molar-refractivity contribution >= 4 is 28.5 Å². The average Bonchev–Trinajstić information content (AvgIpc) is 2.80. The Morgan fingerprint density at radius 1 is 1.12 bits per heavy atom. The molecule has 7 heteroatoms. The molecule has 0 spiro atoms. The number of aromatic carboxylic acids is 1. The lowest BCUT2D eigenvalue weighted by Crippen LogP contribution is -2.12. The van der Waals surface area contributed by atoms with Crippen LogP contribution in [0.1, 0.15) is 47.2 Å². The molecule has 0 aliphatic carbocycles. The molecule has 2 unspecified atom stereocenters. The van der Waals surface area contributed by atoms with Gasteiger partial charge in [-0.05, 0) is 59.9 Å². The first kappa shape index (κ1) is 25.1. The standard InChI is InChI=1S/C27H24ClF2NO3/c1-4-18(9-8-16(2)28)25(17(3)19-10-12-20(13-11-19)26(32)33)22-6-5-7-23-21(22)14-15-24(31-23)34-27(29)30/h4-15,17,25,27H,1H2,2-3H3,(H,32,33)/b16-8+,18-9+. The van der Waals surface area contributed by atoms with Gasteiger partial charge < -0.3 is 9.84 Å². The summed E-state index contributed by atoms with van der Waals surface area (Å²) in [5.41, 5.74) is 3.44. The monoisotopic (exact) mass is 483 g/mol. The molecule has 3 aromatic rings. The van der Waals surface area contributed by atoms with E-state index in [1.54, 1.807) is 55.5 Å². The maximum Gasteiger partial charge on any atom is 0.388 e. The molecule has 4 nitrogen and oxygen atoms in total. The fraction of sp³-hybridized carbons (Fsp3) is 0.185. The molecule has 176 valence electrons. The van der Waals surface area contributed by atoms with Crippen LogP contribution in [0.5, 0.6) is 5.88 Å². The zero-order chi connectivity index (χ0) is 24.8. The molecule has 1 N–H and O–H groups in total. The molecule has 34 heavy (non-hydrogen) atoms. The molecular formula is C27H24ClF2NO3. The number of aromatic nitrogens is 1. The molecule has 2 aromatic carbocycles. The van der Waals surface area contributed by atoms with Crippen molar-refractivity contribution in [3.8, 4) is 5.88 Å². The topological polar surface area (TPSA) is 59.4 Å². The number of benzene rings is 2. The Kier molecular flexibility index (Phi) is 8.18. The number of allylic oxidation sites excluding steroid dienone is 5. The second-order valence-electron chi connectivity index (χ2n) is 7.76. The summed E-state index contributed by atoms with van der Waals surface area (Å²) in [6, 6.07) is 15.4. The molecule has 0 saturated carbocycles. The van der Waals surface area contributed by atoms with Crippen LogP contribution in [0.25, 0.3) is 10.9 Å². The minimum atomic E-state index is -2.96. The molecule has 1 heterocycles. The third kappa shape index (κ3) is 5.88. The van der Waals surface area contributed by atoms with Crippen LogP contribution in [0.2, 0.25) is 0 Å². The van der Waals surface area contributed by atoms with Crippen LogP contribution in [-0.4, -0.2) is 22.7 Å². The van der Waals surface area contributed by atoms with E-state index in [2.05, 4.69) is 16.3 Å². The molecule has 0 amide bonds. The molecule has 0 aliphatic heterocycles. The summed E-state index contributed by atoms with van der Waals surface area (Å²) >= 11 is 6.07. The number of hydrogen-bond donors (Lipinski definition) is 1. The maximum absolute atomic E-state index is 12.7. The number of nitrogens with zero attached hydrogens (tertiary/aromatic N) is 1. The Labute approximate surface area is 201 Å². The van der Waals surface area contributed by atoms with Gasteiger partial charge in [0.15, 0.2) is 0 Å². The quantitative estimate of drug-likeness (QED) is 0.317. The molecule has 0 bridgehead atoms. The van der Waals surface area contributed by atoms with Gasteiger partial charge in [0.05, 0.1) is 11.1 Å². The Bertz CT molecular complexity index is 1250. The highest BCUT2D eigenvalue weighted by atomic mass is 35.5. The van der Waals surface area contributed by atoms with E-state index in [-0.39, 0.29) is 23.3 Å². The molecule has 1 aromatic heterocycles. The van der Waals surface area contributed by atoms with E-state index in [9.17, 15) is 18.7 Å². The van der Waals surface area contributed by atoms with Gasteiger partial charge in [-0.15, -0.1) is 0 Å². The summed E-state index contributed by atoms with van der Waals surface area (Å²) in [5.74, 6) is -1.47. The van der Waals surface area contributed by atoms with Crippen LogP contribution >= 0.6 is 11.6 Å². The summed E-state index contributed by atoms with van der Waals surface area (Å²) < 4.78 is 29.8. The van der Waals surface area contributed by atoms with Crippen molar-refractivity contribution in [3.05, 3.63) is 107 Å². The Balaban J connectivity index is 2.18. The predicted molar refractivity (Wildman–Crippen MR) is 131 cm³/mol. The number of rotatable bonds is 9. The summed E-state index contributed by atoms with van der Waals surface area (Å²) in [6.07, 6.45) is 5.43. The lowest BCUT2D eigenvalue weighted by atomic mass is 9.76. The van der Waals surface area contributed by atoms with Crippen LogP contribution in [0.4, 0.5) is 8.78 Å². The third-order valence-corrected chi connectivity index (χ3v) is 5.69. The second-order valence-corrected chi connectivity index (χ2v) is 8.36. The van der Waals surface area contributed by atoms with Crippen molar-refractivity contribution in [2.45, 2.75) is 32.3 Å². The van der Waals surface area contributed by atoms with E-state index in [1.165, 1.54) is 6.07 Å². The Hall–Kier alpha value is -3.51. The number of carboxylic acid groups (broad SMARTS) is 1. The van der Waals surface area contributed by atoms with Crippen LogP contribution in [0.3, 0.4) is 0 Å². The van der Waals surface area contributed by atoms with E-state index < -0.39 is 12.6 Å². The van der Waals surface area contributed by atoms with Gasteiger partial charge in [0.2, 0.25) is 5.88 Å². The number of carboxylic acids is 1. The van der Waals surface area contributed by atoms with Crippen molar-refractivity contribution < 1.29 is 23.4 Å². The third-order valence-electron chi connectivity index (χ3n) is 5.57. The summed E-state index contributed by atoms with van der Waals surface area (Å²) in [7, 11) is 0. The minimum Gasteiger partial charge on any atom is -0.478 e. The normalized spacial score (nSPS) is 14.2. The zero-order valence-electron chi connectivity index (χ0n) is 18.7. The molecule has 0 fully saturated rings. The van der Waals surface area contributed by atoms with Crippen molar-refractivity contribution in [2.75, 3.05) is 0 Å². The second kappa shape index (κ2) is 11.1. The smallest absolute Gasteiger partial charge is 0.388 e. The first-order valence-corrected chi connectivity index (χ1v) is 10.9. The van der Waals surface area contributed by atoms with Crippen molar-refractivity contribution in [1.82, 2.24) is 4.98 Å². The van der Waals surface area contributed by atoms with Gasteiger partial charge in [0.25, 0.3) is 0 Å². The number of fused-ring (bicyclic) bond motifs is 1. The van der Waals surface area contributed by atoms with Gasteiger partial charge in [0, 0.05) is 22.4 Å². The number of carbonyl (C=O) groups is 1. The fourth-order valence-electron chi connectivity index (χ4n) is 3.96. The van der Waals surface area contributed by atoms with E-state index in [0.29, 0.717) is 10.5 Å². The minimum absolute atomic E-state index is 0.0984. The van der Waals surface area contributed by atoms with Gasteiger partial charge in [-0.2, -0.15) is 8.78 Å². The Morgan fingerprint density at radius 3 is 2.41 bits per heavy atom. The van der Waals surface area contributed by atoms with Gasteiger partial charge in [-0.25, -0.2) is 9.78 Å². The van der Waals surface area contributed by atoms with Gasteiger partial charge in [-0.1, -0.05) is 61.5 Å². The Morgan fingerprint density at radius 2 is 1.82 bits per heavy atom. The molecule has 0 saturated heterocycles. The van der Waals surface area contributed by atoms with Crippen molar-refractivity contribution in [3.63, 3.8) is 0 Å². The van der Waals surface area contributed by atoms with Crippen LogP contribution in [0, 0.1) is 0 Å². The van der Waals surface area contributed by atoms with Crippen LogP contribution < -0.4 is 4.74 Å². The maximum atomic E-state index is 12.7. The number of ether oxygens (including phenoxy) is 1. The van der Waals surface area contributed by atoms with E-state index >= 15 is 0 Å². The lowest BCUT2D eigenvalue weighted by Gasteiger charge is -2.27. The highest BCUT2D eigenvalue weighted by Crippen LogP contribution is 2.42. The van der Waals surface area contributed by atoms with E-state index in [4.69, 9.17) is 11.6 Å². The van der Waals surface area contributed by atoms with E-state index in [0.717, 1.165) is 22.1 Å². The SMILES string of the molecule is C=C/C(=C\C=C(/C)Cl)C(c1cccc2nc(OC(F)F)ccc12)C(C)c1ccc(C(=O)O)cc1. The van der Waals surface area contributed by atoms with Crippen LogP contribution in [-0.2, 0) is 0 Å². The molecule has 0 radical (unpaired) electrons. The number of alkyl halides is 2. The van der Waals surface area contributed by atoms with Gasteiger partial charge in [-0.3, -0.25) is 0 Å². The lowest BCUT2D eigenvalue weighted by molar-refractivity contribution is -0.0526. The van der Waals surface area contributed by atoms with E-state index in [1.807, 2.05) is 25.1 Å². The highest BCUT2D eigenvalue weighted by molar-refractivity contribution is 6.29. The molecule has 2 atom stereocenters. The molecule has 0 aliphatic rings. The predicted octanol–water partition coefficient (Wildman–Crippen LogP) is 7.68. The summed E-state index contributed by atoms with van der Waals surface area (Å²) in [5, 5.41) is 10.6. The largest absolute Gasteiger partial charge is 0.478 e. The summed E-state index contributed by atoms with van der Waals surface area (Å²) in [6.45, 7) is 4.84. The van der Waals surface area contributed by atoms with Crippen LogP contribution in [0.15, 0.2) is 90.0 Å². The van der Waals surface area contributed by atoms with Crippen molar-refractivity contribution in [1.29, 1.82) is 0 Å². The first-order valence-electron chi connectivity index (χ1n) is 10.6. The molecular weight excluding hydrogens is 460 g/mol. The highest BCUT2D eigenvalue weighted by Gasteiger charge is 2.26. The summed E-state index contributed by atoms with van der Waals surface area (Å²) in [4.78, 5) is 15.5. The first-order chi connectivity index (χ1) is 16.2. The van der Waals surface area contributed by atoms with Gasteiger partial charge >= 0.3 is 12.6 Å². The average molecular weight is 484 g/mol. The fourth-order valence-corrected chi connectivity index (χ4v) is 4.02. The molecule has 3 rings (SSSR count). The van der Waals surface area contributed by atoms with Gasteiger partial charge in [0.1, 0.15) is 0 Å². The number of hydrogen-bond acceptors (Lipinski definition) is 3. The number of halogens is 3. The zero-order valence-corrected chi connectivity index (χ0v) is 19.5. The van der Waals surface area contributed by atoms with Crippen molar-refractivity contribution in [2.24, 2.45) is 0 Å².